The number of ether oxygens (including phenoxy) is 2. The van der Waals surface area contributed by atoms with Crippen molar-refractivity contribution in [2.75, 3.05) is 12.0 Å². The molecule has 2 aliphatic rings. The van der Waals surface area contributed by atoms with Gasteiger partial charge < -0.3 is 14.4 Å². The minimum Gasteiger partial charge on any atom is -0.497 e. The maximum atomic E-state index is 10.2. The Morgan fingerprint density at radius 2 is 1.61 bits per heavy atom. The third-order valence-corrected chi connectivity index (χ3v) is 6.41. The van der Waals surface area contributed by atoms with Crippen LogP contribution in [0.2, 0.25) is 0 Å². The lowest BCUT2D eigenvalue weighted by atomic mass is 9.73. The van der Waals surface area contributed by atoms with Crippen LogP contribution >= 0.6 is 0 Å². The van der Waals surface area contributed by atoms with Crippen LogP contribution < -0.4 is 14.4 Å². The Balaban J connectivity index is 1.72. The van der Waals surface area contributed by atoms with Crippen LogP contribution in [0.5, 0.6) is 11.5 Å². The summed E-state index contributed by atoms with van der Waals surface area (Å²) in [5.74, 6) is 2.35. The predicted octanol–water partition coefficient (Wildman–Crippen LogP) is 6.11. The number of hydrogen-bond acceptors (Lipinski definition) is 4. The van der Waals surface area contributed by atoms with E-state index in [-0.39, 0.29) is 17.9 Å². The summed E-state index contributed by atoms with van der Waals surface area (Å²) < 4.78 is 11.7. The lowest BCUT2D eigenvalue weighted by Crippen LogP contribution is -2.39. The van der Waals surface area contributed by atoms with Crippen LogP contribution in [0.3, 0.4) is 0 Å². The van der Waals surface area contributed by atoms with Gasteiger partial charge in [-0.3, -0.25) is 0 Å². The molecular formula is C27H24N2O2. The molecule has 0 spiro atoms. The van der Waals surface area contributed by atoms with Crippen molar-refractivity contribution in [3.63, 3.8) is 0 Å². The number of para-hydroxylation sites is 2. The number of methoxy groups -OCH3 is 1. The number of aryl methyl sites for hydroxylation is 1. The van der Waals surface area contributed by atoms with Crippen molar-refractivity contribution >= 4 is 5.69 Å². The Morgan fingerprint density at radius 1 is 0.935 bits per heavy atom. The first-order valence-corrected chi connectivity index (χ1v) is 10.5. The fourth-order valence-electron chi connectivity index (χ4n) is 4.89. The molecule has 0 bridgehead atoms. The summed E-state index contributed by atoms with van der Waals surface area (Å²) in [5, 5.41) is 10.2. The molecule has 0 saturated heterocycles. The molecule has 5 rings (SSSR count). The Labute approximate surface area is 183 Å². The average Bonchev–Trinajstić information content (AvgIpc) is 3.18. The number of benzene rings is 3. The molecule has 0 fully saturated rings. The highest BCUT2D eigenvalue weighted by Gasteiger charge is 2.47. The fraction of sp³-hybridized carbons (Fsp3) is 0.222. The van der Waals surface area contributed by atoms with E-state index >= 15 is 0 Å². The Bertz CT molecular complexity index is 1190. The first-order chi connectivity index (χ1) is 15.1. The van der Waals surface area contributed by atoms with E-state index in [2.05, 4.69) is 67.3 Å². The summed E-state index contributed by atoms with van der Waals surface area (Å²) in [4.78, 5) is 2.20. The molecule has 154 valence electrons. The van der Waals surface area contributed by atoms with Gasteiger partial charge in [0, 0.05) is 5.92 Å². The second kappa shape index (κ2) is 7.52. The van der Waals surface area contributed by atoms with E-state index < -0.39 is 0 Å². The lowest BCUT2D eigenvalue weighted by molar-refractivity contribution is 0.328. The average molecular weight is 409 g/mol. The highest BCUT2D eigenvalue weighted by Crippen LogP contribution is 2.55. The number of allylic oxidation sites excluding steroid dienone is 1. The van der Waals surface area contributed by atoms with Crippen LogP contribution in [0.1, 0.15) is 35.6 Å². The van der Waals surface area contributed by atoms with E-state index in [0.717, 1.165) is 22.7 Å². The van der Waals surface area contributed by atoms with Crippen LogP contribution in [0.25, 0.3) is 0 Å². The van der Waals surface area contributed by atoms with Crippen LogP contribution in [-0.2, 0) is 0 Å². The van der Waals surface area contributed by atoms with Gasteiger partial charge in [-0.25, -0.2) is 0 Å². The molecule has 0 unspecified atom stereocenters. The van der Waals surface area contributed by atoms with Crippen molar-refractivity contribution < 1.29 is 9.47 Å². The zero-order chi connectivity index (χ0) is 21.5. The van der Waals surface area contributed by atoms with Gasteiger partial charge in [-0.2, -0.15) is 5.26 Å². The fourth-order valence-corrected chi connectivity index (χ4v) is 4.89. The van der Waals surface area contributed by atoms with Crippen molar-refractivity contribution in [1.82, 2.24) is 0 Å². The molecule has 3 atom stereocenters. The van der Waals surface area contributed by atoms with Gasteiger partial charge in [0.25, 0.3) is 0 Å². The zero-order valence-corrected chi connectivity index (χ0v) is 17.9. The van der Waals surface area contributed by atoms with Crippen LogP contribution in [0.4, 0.5) is 5.69 Å². The molecule has 3 aromatic rings. The molecule has 4 heteroatoms. The maximum Gasteiger partial charge on any atom is 0.215 e. The molecule has 4 nitrogen and oxygen atoms in total. The van der Waals surface area contributed by atoms with E-state index in [9.17, 15) is 5.26 Å². The molecule has 0 aliphatic carbocycles. The van der Waals surface area contributed by atoms with Gasteiger partial charge in [-0.1, -0.05) is 61.0 Å². The highest BCUT2D eigenvalue weighted by atomic mass is 16.5. The van der Waals surface area contributed by atoms with Gasteiger partial charge in [0.15, 0.2) is 5.75 Å². The maximum absolute atomic E-state index is 10.2. The topological polar surface area (TPSA) is 45.5 Å². The molecule has 2 heterocycles. The molecule has 0 aromatic heterocycles. The second-order valence-electron chi connectivity index (χ2n) is 8.24. The predicted molar refractivity (Wildman–Crippen MR) is 121 cm³/mol. The highest BCUT2D eigenvalue weighted by molar-refractivity contribution is 5.71. The summed E-state index contributed by atoms with van der Waals surface area (Å²) in [6.07, 6.45) is 0. The van der Waals surface area contributed by atoms with Crippen molar-refractivity contribution in [2.24, 2.45) is 5.92 Å². The molecule has 0 saturated carbocycles. The van der Waals surface area contributed by atoms with Crippen LogP contribution in [-0.4, -0.2) is 7.11 Å². The van der Waals surface area contributed by atoms with Gasteiger partial charge >= 0.3 is 0 Å². The molecule has 31 heavy (non-hydrogen) atoms. The normalized spacial score (nSPS) is 21.7. The third kappa shape index (κ3) is 3.05. The first-order valence-electron chi connectivity index (χ1n) is 10.5. The minimum atomic E-state index is -0.0572. The van der Waals surface area contributed by atoms with E-state index in [1.54, 1.807) is 7.11 Å². The number of anilines is 1. The van der Waals surface area contributed by atoms with Crippen LogP contribution in [0.15, 0.2) is 84.3 Å². The lowest BCUT2D eigenvalue weighted by Gasteiger charge is -2.42. The molecule has 0 N–H and O–H groups in total. The number of nitriles is 1. The van der Waals surface area contributed by atoms with E-state index in [1.165, 1.54) is 11.1 Å². The molecule has 0 radical (unpaired) electrons. The van der Waals surface area contributed by atoms with Crippen molar-refractivity contribution in [3.05, 3.63) is 101 Å². The smallest absolute Gasteiger partial charge is 0.215 e. The first kappa shape index (κ1) is 19.3. The van der Waals surface area contributed by atoms with Crippen molar-refractivity contribution in [2.45, 2.75) is 25.8 Å². The number of hydrogen-bond donors (Lipinski definition) is 0. The van der Waals surface area contributed by atoms with Gasteiger partial charge in [-0.15, -0.1) is 0 Å². The third-order valence-electron chi connectivity index (χ3n) is 6.41. The van der Waals surface area contributed by atoms with E-state index in [1.807, 2.05) is 30.3 Å². The van der Waals surface area contributed by atoms with E-state index in [4.69, 9.17) is 9.47 Å². The minimum absolute atomic E-state index is 0.0213. The molecule has 0 amide bonds. The number of rotatable bonds is 3. The number of nitrogens with zero attached hydrogens (tertiary/aromatic N) is 2. The summed E-state index contributed by atoms with van der Waals surface area (Å²) in [6, 6.07) is 27.2. The quantitative estimate of drug-likeness (QED) is 0.524. The van der Waals surface area contributed by atoms with Gasteiger partial charge in [0.05, 0.1) is 24.4 Å². The molecule has 3 aromatic carbocycles. The summed E-state index contributed by atoms with van der Waals surface area (Å²) in [6.45, 7) is 4.31. The Morgan fingerprint density at radius 3 is 2.29 bits per heavy atom. The summed E-state index contributed by atoms with van der Waals surface area (Å²) in [5.41, 5.74) is 5.19. The number of fused-ring (bicyclic) bond motifs is 3. The van der Waals surface area contributed by atoms with Crippen LogP contribution in [0, 0.1) is 24.2 Å². The van der Waals surface area contributed by atoms with E-state index in [0.29, 0.717) is 11.5 Å². The summed E-state index contributed by atoms with van der Waals surface area (Å²) in [7, 11) is 1.68. The SMILES string of the molecule is COc1ccc([C@@H]2[C@@H](C)[C@H](c3ccc(C)cc3)C(C#N)=C3Oc4ccccc4N32)cc1. The Hall–Kier alpha value is -3.71. The van der Waals surface area contributed by atoms with Gasteiger partial charge in [-0.05, 0) is 48.2 Å². The molecular weight excluding hydrogens is 384 g/mol. The van der Waals surface area contributed by atoms with Gasteiger partial charge in [0.2, 0.25) is 5.88 Å². The van der Waals surface area contributed by atoms with Gasteiger partial charge in [0.1, 0.15) is 11.8 Å². The monoisotopic (exact) mass is 408 g/mol. The largest absolute Gasteiger partial charge is 0.497 e. The Kier molecular flexibility index (Phi) is 4.67. The zero-order valence-electron chi connectivity index (χ0n) is 17.9. The summed E-state index contributed by atoms with van der Waals surface area (Å²) >= 11 is 0. The second-order valence-corrected chi connectivity index (χ2v) is 8.24. The van der Waals surface area contributed by atoms with Crippen molar-refractivity contribution in [3.8, 4) is 17.6 Å². The molecule has 2 aliphatic heterocycles. The van der Waals surface area contributed by atoms with Crippen molar-refractivity contribution in [1.29, 1.82) is 5.26 Å². The standard InChI is InChI=1S/C27H24N2O2/c1-17-8-10-19(11-9-17)25-18(2)26(20-12-14-21(30-3)15-13-20)29-23-6-4-5-7-24(23)31-27(29)22(25)16-28/h4-15,18,25-26H,1-3H3/t18-,25+,26-/m0/s1.